The van der Waals surface area contributed by atoms with Crippen molar-refractivity contribution in [3.05, 3.63) is 0 Å². The predicted molar refractivity (Wildman–Crippen MR) is 21.7 cm³/mol. The van der Waals surface area contributed by atoms with E-state index in [1.54, 1.807) is 0 Å². The molecule has 0 aromatic rings. The van der Waals surface area contributed by atoms with Gasteiger partial charge in [0.1, 0.15) is 0 Å². The van der Waals surface area contributed by atoms with Gasteiger partial charge in [-0.05, 0) is 0 Å². The van der Waals surface area contributed by atoms with Crippen LogP contribution in [0.3, 0.4) is 0 Å². The molecular formula is C2H6GeN2. The Bertz CT molecular complexity index is 19.2. The summed E-state index contributed by atoms with van der Waals surface area (Å²) in [6, 6.07) is 0. The summed E-state index contributed by atoms with van der Waals surface area (Å²) in [4.78, 5) is 0. The van der Waals surface area contributed by atoms with E-state index in [0.29, 0.717) is 0 Å². The molecule has 1 heterocycles. The van der Waals surface area contributed by atoms with Crippen molar-refractivity contribution in [3.8, 4) is 0 Å². The fourth-order valence-corrected chi connectivity index (χ4v) is 1.62. The molecule has 1 fully saturated rings. The summed E-state index contributed by atoms with van der Waals surface area (Å²) < 4.78 is 3.10. The Kier molecular flexibility index (Phi) is 1.31. The van der Waals surface area contributed by atoms with Crippen molar-refractivity contribution >= 4 is 15.7 Å². The molecular weight excluding hydrogens is 125 g/mol. The van der Waals surface area contributed by atoms with Crippen LogP contribution in [0.4, 0.5) is 0 Å². The molecule has 5 heavy (non-hydrogen) atoms. The molecule has 0 aromatic heterocycles. The zero-order chi connectivity index (χ0) is 3.54. The van der Waals surface area contributed by atoms with Crippen LogP contribution in [0.1, 0.15) is 0 Å². The molecule has 2 radical (unpaired) electrons. The van der Waals surface area contributed by atoms with Gasteiger partial charge in [0, 0.05) is 0 Å². The van der Waals surface area contributed by atoms with Gasteiger partial charge in [-0.1, -0.05) is 0 Å². The topological polar surface area (TPSA) is 24.1 Å². The maximum absolute atomic E-state index is 3.10. The first-order valence-electron chi connectivity index (χ1n) is 1.71. The van der Waals surface area contributed by atoms with Crippen molar-refractivity contribution in [2.24, 2.45) is 0 Å². The van der Waals surface area contributed by atoms with Gasteiger partial charge < -0.3 is 0 Å². The van der Waals surface area contributed by atoms with Crippen LogP contribution >= 0.6 is 0 Å². The van der Waals surface area contributed by atoms with E-state index in [4.69, 9.17) is 0 Å². The molecule has 0 saturated carbocycles. The summed E-state index contributed by atoms with van der Waals surface area (Å²) in [5, 5.41) is 1.40. The van der Waals surface area contributed by atoms with E-state index < -0.39 is 0 Å². The summed E-state index contributed by atoms with van der Waals surface area (Å²) in [5.74, 6) is 0. The van der Waals surface area contributed by atoms with E-state index in [0.717, 1.165) is 0 Å². The zero-order valence-corrected chi connectivity index (χ0v) is 5.01. The zero-order valence-electron chi connectivity index (χ0n) is 2.91. The molecule has 1 aliphatic rings. The molecule has 0 amide bonds. The van der Waals surface area contributed by atoms with E-state index in [-0.39, 0.29) is 15.7 Å². The van der Waals surface area contributed by atoms with Gasteiger partial charge in [0.05, 0.1) is 0 Å². The van der Waals surface area contributed by atoms with Crippen LogP contribution in [0.15, 0.2) is 0 Å². The Morgan fingerprint density at radius 3 is 2.80 bits per heavy atom. The number of hydrogen-bond acceptors (Lipinski definition) is 2. The molecule has 0 unspecified atom stereocenters. The summed E-state index contributed by atoms with van der Waals surface area (Å²) in [7, 11) is 0. The molecule has 0 aromatic carbocycles. The van der Waals surface area contributed by atoms with Gasteiger partial charge in [-0.3, -0.25) is 0 Å². The van der Waals surface area contributed by atoms with E-state index >= 15 is 0 Å². The molecule has 0 aliphatic carbocycles. The average molecular weight is 131 g/mol. The molecule has 28 valence electrons. The molecule has 1 saturated heterocycles. The van der Waals surface area contributed by atoms with E-state index in [9.17, 15) is 0 Å². The van der Waals surface area contributed by atoms with Crippen molar-refractivity contribution in [2.45, 2.75) is 5.25 Å². The molecule has 1 aliphatic heterocycles. The maximum atomic E-state index is 3.10. The van der Waals surface area contributed by atoms with E-state index in [1.807, 2.05) is 0 Å². The molecule has 1 rings (SSSR count). The van der Waals surface area contributed by atoms with Gasteiger partial charge in [-0.2, -0.15) is 0 Å². The summed E-state index contributed by atoms with van der Waals surface area (Å²) >= 11 is 0.278. The first kappa shape index (κ1) is 3.65. The van der Waals surface area contributed by atoms with E-state index in [2.05, 4.69) is 9.81 Å². The molecule has 0 bridgehead atoms. The van der Waals surface area contributed by atoms with Gasteiger partial charge in [0.15, 0.2) is 0 Å². The standard InChI is InChI=1S/C2H6GeN2/c1-2-4-5-3-1/h4-5H,1-2H2. The Hall–Kier alpha value is 0.463. The molecule has 2 N–H and O–H groups in total. The van der Waals surface area contributed by atoms with Gasteiger partial charge in [-0.15, -0.1) is 0 Å². The second-order valence-corrected chi connectivity index (χ2v) is 3.29. The minimum atomic E-state index is 0.278. The van der Waals surface area contributed by atoms with Crippen LogP contribution in [0, 0.1) is 0 Å². The number of nitrogens with one attached hydrogen (secondary N) is 2. The first-order valence-corrected chi connectivity index (χ1v) is 4.24. The third-order valence-corrected chi connectivity index (χ3v) is 2.34. The average Bonchev–Trinajstić information content (AvgIpc) is 1.76. The van der Waals surface area contributed by atoms with Crippen molar-refractivity contribution in [1.29, 1.82) is 0 Å². The predicted octanol–water partition coefficient (Wildman–Crippen LogP) is -0.868. The van der Waals surface area contributed by atoms with Crippen LogP contribution < -0.4 is 9.81 Å². The second kappa shape index (κ2) is 1.79. The number of rotatable bonds is 0. The summed E-state index contributed by atoms with van der Waals surface area (Å²) in [6.45, 7) is 1.19. The van der Waals surface area contributed by atoms with Crippen LogP contribution in [0.25, 0.3) is 0 Å². The second-order valence-electron chi connectivity index (χ2n) is 0.979. The monoisotopic (exact) mass is 132 g/mol. The number of hydrogen-bond donors (Lipinski definition) is 2. The molecule has 0 spiro atoms. The molecule has 3 heteroatoms. The van der Waals surface area contributed by atoms with Crippen LogP contribution in [0.5, 0.6) is 0 Å². The van der Waals surface area contributed by atoms with E-state index in [1.165, 1.54) is 11.8 Å². The third-order valence-electron chi connectivity index (χ3n) is 0.552. The minimum absolute atomic E-state index is 0.278. The molecule has 0 atom stereocenters. The van der Waals surface area contributed by atoms with Crippen molar-refractivity contribution in [3.63, 3.8) is 0 Å². The van der Waals surface area contributed by atoms with Crippen LogP contribution in [0.2, 0.25) is 5.25 Å². The summed E-state index contributed by atoms with van der Waals surface area (Å²) in [6.07, 6.45) is 0. The van der Waals surface area contributed by atoms with Crippen molar-refractivity contribution in [2.75, 3.05) is 6.54 Å². The van der Waals surface area contributed by atoms with Gasteiger partial charge in [0.2, 0.25) is 0 Å². The van der Waals surface area contributed by atoms with Crippen LogP contribution in [-0.2, 0) is 0 Å². The normalized spacial score (nSPS) is 24.0. The molecule has 2 nitrogen and oxygen atoms in total. The van der Waals surface area contributed by atoms with Gasteiger partial charge in [0.25, 0.3) is 0 Å². The van der Waals surface area contributed by atoms with Crippen molar-refractivity contribution < 1.29 is 0 Å². The fraction of sp³-hybridized carbons (Fsp3) is 1.00. The Labute approximate surface area is 38.0 Å². The summed E-state index contributed by atoms with van der Waals surface area (Å²) in [5.41, 5.74) is 3.03. The fourth-order valence-electron chi connectivity index (χ4n) is 0.312. The Balaban J connectivity index is 2.08. The van der Waals surface area contributed by atoms with Gasteiger partial charge >= 0.3 is 37.3 Å². The van der Waals surface area contributed by atoms with Crippen molar-refractivity contribution in [1.82, 2.24) is 9.81 Å². The number of hydrazine groups is 1. The third kappa shape index (κ3) is 0.907. The van der Waals surface area contributed by atoms with Crippen LogP contribution in [-0.4, -0.2) is 22.2 Å². The first-order chi connectivity index (χ1) is 2.50. The Morgan fingerprint density at radius 2 is 2.60 bits per heavy atom. The quantitative estimate of drug-likeness (QED) is 0.417. The SMILES string of the molecule is C1[CH2][Ge][NH]N1. The Morgan fingerprint density at radius 1 is 1.60 bits per heavy atom. The van der Waals surface area contributed by atoms with Gasteiger partial charge in [-0.25, -0.2) is 0 Å².